The van der Waals surface area contributed by atoms with Crippen molar-refractivity contribution < 1.29 is 9.47 Å². The number of aryl methyl sites for hydroxylation is 1. The minimum absolute atomic E-state index is 0.0680. The second kappa shape index (κ2) is 9.89. The lowest BCUT2D eigenvalue weighted by Crippen LogP contribution is -2.31. The molecular weight excluding hydrogens is 320 g/mol. The molecule has 1 aliphatic heterocycles. The molecule has 26 heavy (non-hydrogen) atoms. The van der Waals surface area contributed by atoms with Gasteiger partial charge in [-0.3, -0.25) is 0 Å². The first kappa shape index (κ1) is 19.1. The van der Waals surface area contributed by atoms with Gasteiger partial charge >= 0.3 is 0 Å². The monoisotopic (exact) mass is 352 g/mol. The Morgan fingerprint density at radius 2 is 1.46 bits per heavy atom. The predicted octanol–water partition coefficient (Wildman–Crippen LogP) is 6.34. The van der Waals surface area contributed by atoms with E-state index in [1.54, 1.807) is 0 Å². The second-order valence-corrected chi connectivity index (χ2v) is 7.30. The lowest BCUT2D eigenvalue weighted by atomic mass is 10.00. The third kappa shape index (κ3) is 5.18. The molecule has 0 aromatic heterocycles. The number of hydrogen-bond acceptors (Lipinski definition) is 2. The van der Waals surface area contributed by atoms with Crippen molar-refractivity contribution in [3.05, 3.63) is 59.7 Å². The Morgan fingerprint density at radius 3 is 2.04 bits per heavy atom. The van der Waals surface area contributed by atoms with E-state index in [2.05, 4.69) is 62.4 Å². The number of hydrogen-bond donors (Lipinski definition) is 0. The van der Waals surface area contributed by atoms with E-state index >= 15 is 0 Å². The van der Waals surface area contributed by atoms with E-state index in [0.29, 0.717) is 6.61 Å². The lowest BCUT2D eigenvalue weighted by molar-refractivity contribution is -0.137. The summed E-state index contributed by atoms with van der Waals surface area (Å²) < 4.78 is 12.1. The van der Waals surface area contributed by atoms with Crippen molar-refractivity contribution in [2.75, 3.05) is 13.2 Å². The van der Waals surface area contributed by atoms with Crippen molar-refractivity contribution in [1.29, 1.82) is 0 Å². The van der Waals surface area contributed by atoms with E-state index in [-0.39, 0.29) is 12.2 Å². The van der Waals surface area contributed by atoms with Gasteiger partial charge in [0.1, 0.15) is 6.10 Å². The zero-order valence-electron chi connectivity index (χ0n) is 16.2. The van der Waals surface area contributed by atoms with Crippen molar-refractivity contribution in [3.8, 4) is 11.1 Å². The molecule has 0 unspecified atom stereocenters. The van der Waals surface area contributed by atoms with Gasteiger partial charge in [-0.25, -0.2) is 0 Å². The molecule has 2 heteroatoms. The van der Waals surface area contributed by atoms with Crippen LogP contribution in [0.1, 0.15) is 63.2 Å². The van der Waals surface area contributed by atoms with Crippen LogP contribution in [0.25, 0.3) is 11.1 Å². The van der Waals surface area contributed by atoms with E-state index in [1.807, 2.05) is 0 Å². The van der Waals surface area contributed by atoms with Crippen LogP contribution in [0, 0.1) is 0 Å². The molecule has 2 aromatic carbocycles. The molecule has 2 atom stereocenters. The summed E-state index contributed by atoms with van der Waals surface area (Å²) in [7, 11) is 0. The van der Waals surface area contributed by atoms with Crippen molar-refractivity contribution in [1.82, 2.24) is 0 Å². The maximum absolute atomic E-state index is 6.08. The molecule has 0 spiro atoms. The first-order valence-corrected chi connectivity index (χ1v) is 10.2. The maximum atomic E-state index is 6.08. The Hall–Kier alpha value is -1.64. The van der Waals surface area contributed by atoms with Gasteiger partial charge in [0.05, 0.1) is 19.3 Å². The summed E-state index contributed by atoms with van der Waals surface area (Å²) in [6.45, 7) is 5.82. The van der Waals surface area contributed by atoms with Crippen LogP contribution < -0.4 is 0 Å². The average molecular weight is 353 g/mol. The van der Waals surface area contributed by atoms with Crippen LogP contribution >= 0.6 is 0 Å². The number of rotatable bonds is 8. The molecule has 1 saturated heterocycles. The molecule has 3 rings (SSSR count). The molecule has 2 nitrogen and oxygen atoms in total. The van der Waals surface area contributed by atoms with Crippen LogP contribution in [-0.4, -0.2) is 19.3 Å². The van der Waals surface area contributed by atoms with E-state index in [4.69, 9.17) is 9.47 Å². The van der Waals surface area contributed by atoms with Gasteiger partial charge in [-0.05, 0) is 35.1 Å². The molecular formula is C24H32O2. The van der Waals surface area contributed by atoms with E-state index in [0.717, 1.165) is 19.4 Å². The molecule has 1 aliphatic rings. The van der Waals surface area contributed by atoms with Crippen molar-refractivity contribution >= 4 is 0 Å². The Morgan fingerprint density at radius 1 is 0.769 bits per heavy atom. The summed E-state index contributed by atoms with van der Waals surface area (Å²) in [5, 5.41) is 0. The Kier molecular flexibility index (Phi) is 7.28. The Balaban J connectivity index is 1.51. The molecule has 0 saturated carbocycles. The molecule has 0 radical (unpaired) electrons. The SMILES string of the molecule is CCCCCC[C@@H]1CO[C@@H](c2ccc(-c3ccc(CC)cc3)cc2)CO1. The standard InChI is InChI=1S/C24H32O2/c1-3-5-6-7-8-23-17-26-24(18-25-23)22-15-13-21(14-16-22)20-11-9-19(4-2)10-12-20/h9-16,23-24H,3-8,17-18H2,1-2H3/t23-,24-/m1/s1. The first-order chi connectivity index (χ1) is 12.8. The highest BCUT2D eigenvalue weighted by Crippen LogP contribution is 2.27. The molecule has 140 valence electrons. The quantitative estimate of drug-likeness (QED) is 0.516. The fraction of sp³-hybridized carbons (Fsp3) is 0.500. The minimum Gasteiger partial charge on any atom is -0.373 e. The van der Waals surface area contributed by atoms with Gasteiger partial charge in [0.15, 0.2) is 0 Å². The van der Waals surface area contributed by atoms with E-state index < -0.39 is 0 Å². The van der Waals surface area contributed by atoms with Crippen LogP contribution in [-0.2, 0) is 15.9 Å². The molecule has 0 bridgehead atoms. The fourth-order valence-corrected chi connectivity index (χ4v) is 3.52. The lowest BCUT2D eigenvalue weighted by Gasteiger charge is -2.30. The fourth-order valence-electron chi connectivity index (χ4n) is 3.52. The van der Waals surface area contributed by atoms with Gasteiger partial charge < -0.3 is 9.47 Å². The summed E-state index contributed by atoms with van der Waals surface area (Å²) in [6, 6.07) is 17.6. The minimum atomic E-state index is 0.0680. The summed E-state index contributed by atoms with van der Waals surface area (Å²) >= 11 is 0. The molecule has 2 aromatic rings. The van der Waals surface area contributed by atoms with Crippen LogP contribution in [0.2, 0.25) is 0 Å². The third-order valence-electron chi connectivity index (χ3n) is 5.32. The van der Waals surface area contributed by atoms with Crippen LogP contribution in [0.3, 0.4) is 0 Å². The summed E-state index contributed by atoms with van der Waals surface area (Å²) in [6.07, 6.45) is 7.71. The van der Waals surface area contributed by atoms with Crippen molar-refractivity contribution in [3.63, 3.8) is 0 Å². The largest absolute Gasteiger partial charge is 0.373 e. The Labute approximate surface area is 158 Å². The van der Waals surface area contributed by atoms with Crippen LogP contribution in [0.5, 0.6) is 0 Å². The van der Waals surface area contributed by atoms with Crippen LogP contribution in [0.4, 0.5) is 0 Å². The normalized spacial score (nSPS) is 20.2. The number of unbranched alkanes of at least 4 members (excludes halogenated alkanes) is 3. The highest BCUT2D eigenvalue weighted by molar-refractivity contribution is 5.64. The van der Waals surface area contributed by atoms with Crippen LogP contribution in [0.15, 0.2) is 48.5 Å². The van der Waals surface area contributed by atoms with Gasteiger partial charge in [0.2, 0.25) is 0 Å². The number of benzene rings is 2. The molecule has 0 aliphatic carbocycles. The molecule has 1 heterocycles. The summed E-state index contributed by atoms with van der Waals surface area (Å²) in [5.74, 6) is 0. The van der Waals surface area contributed by atoms with E-state index in [1.165, 1.54) is 47.9 Å². The van der Waals surface area contributed by atoms with Crippen molar-refractivity contribution in [2.24, 2.45) is 0 Å². The van der Waals surface area contributed by atoms with Crippen molar-refractivity contribution in [2.45, 2.75) is 64.6 Å². The molecule has 1 fully saturated rings. The van der Waals surface area contributed by atoms with E-state index in [9.17, 15) is 0 Å². The smallest absolute Gasteiger partial charge is 0.106 e. The number of ether oxygens (including phenoxy) is 2. The van der Waals surface area contributed by atoms with Gasteiger partial charge in [-0.2, -0.15) is 0 Å². The maximum Gasteiger partial charge on any atom is 0.106 e. The summed E-state index contributed by atoms with van der Waals surface area (Å²) in [4.78, 5) is 0. The van der Waals surface area contributed by atoms with Gasteiger partial charge in [-0.1, -0.05) is 88.1 Å². The Bertz CT molecular complexity index is 637. The first-order valence-electron chi connectivity index (χ1n) is 10.2. The average Bonchev–Trinajstić information content (AvgIpc) is 2.72. The molecule has 0 amide bonds. The van der Waals surface area contributed by atoms with Gasteiger partial charge in [0.25, 0.3) is 0 Å². The summed E-state index contributed by atoms with van der Waals surface area (Å²) in [5.41, 5.74) is 5.11. The highest BCUT2D eigenvalue weighted by atomic mass is 16.6. The zero-order valence-corrected chi connectivity index (χ0v) is 16.2. The zero-order chi connectivity index (χ0) is 18.2. The second-order valence-electron chi connectivity index (χ2n) is 7.30. The van der Waals surface area contributed by atoms with Gasteiger partial charge in [0, 0.05) is 0 Å². The topological polar surface area (TPSA) is 18.5 Å². The third-order valence-corrected chi connectivity index (χ3v) is 5.32. The highest BCUT2D eigenvalue weighted by Gasteiger charge is 2.23. The molecule has 0 N–H and O–H groups in total. The van der Waals surface area contributed by atoms with Gasteiger partial charge in [-0.15, -0.1) is 0 Å². The predicted molar refractivity (Wildman–Crippen MR) is 108 cm³/mol.